The Bertz CT molecular complexity index is 881. The minimum absolute atomic E-state index is 0.254. The Hall–Kier alpha value is -2.64. The molecule has 2 aromatic carbocycles. The van der Waals surface area contributed by atoms with Crippen LogP contribution >= 0.6 is 11.3 Å². The molecule has 1 N–H and O–H groups in total. The summed E-state index contributed by atoms with van der Waals surface area (Å²) in [5.74, 6) is -0.593. The van der Waals surface area contributed by atoms with E-state index in [2.05, 4.69) is 15.5 Å². The third-order valence-electron chi connectivity index (χ3n) is 3.75. The number of rotatable bonds is 7. The summed E-state index contributed by atoms with van der Waals surface area (Å²) in [7, 11) is 1.68. The van der Waals surface area contributed by atoms with Crippen LogP contribution < -0.4 is 5.32 Å². The molecule has 0 unspecified atom stereocenters. The van der Waals surface area contributed by atoms with Crippen LogP contribution in [0.25, 0.3) is 10.6 Å². The summed E-state index contributed by atoms with van der Waals surface area (Å²) < 4.78 is 18.3. The predicted molar refractivity (Wildman–Crippen MR) is 99.9 cm³/mol. The second-order valence-electron chi connectivity index (χ2n) is 5.67. The molecule has 7 heteroatoms. The van der Waals surface area contributed by atoms with E-state index in [1.165, 1.54) is 23.5 Å². The topological polar surface area (TPSA) is 64.1 Å². The van der Waals surface area contributed by atoms with Crippen LogP contribution in [0.4, 0.5) is 9.52 Å². The van der Waals surface area contributed by atoms with Crippen LogP contribution in [0.5, 0.6) is 0 Å². The molecule has 0 spiro atoms. The number of aromatic nitrogens is 2. The Morgan fingerprint density at radius 2 is 2.00 bits per heavy atom. The number of methoxy groups -OCH3 is 1. The standard InChI is InChI=1S/C19H18FN3O2S/c1-25-11-3-4-13-7-9-14(10-8-13)17(24)21-19-23-22-18(26-19)15-5-2-6-16(20)12-15/h2,5-10,12H,3-4,11H2,1H3,(H,21,23,24). The molecule has 0 aliphatic heterocycles. The molecule has 0 aliphatic carbocycles. The fraction of sp³-hybridized carbons (Fsp3) is 0.211. The predicted octanol–water partition coefficient (Wildman–Crippen LogP) is 4.18. The summed E-state index contributed by atoms with van der Waals surface area (Å²) in [5, 5.41) is 11.6. The highest BCUT2D eigenvalue weighted by Gasteiger charge is 2.11. The number of benzene rings is 2. The molecule has 1 heterocycles. The minimum atomic E-state index is -0.339. The molecule has 1 aromatic heterocycles. The van der Waals surface area contributed by atoms with Gasteiger partial charge in [-0.2, -0.15) is 0 Å². The number of anilines is 1. The first-order chi connectivity index (χ1) is 12.7. The van der Waals surface area contributed by atoms with Gasteiger partial charge in [0.15, 0.2) is 0 Å². The Labute approximate surface area is 154 Å². The third kappa shape index (κ3) is 4.71. The first kappa shape index (κ1) is 18.2. The molecule has 3 aromatic rings. The average Bonchev–Trinajstić information content (AvgIpc) is 3.11. The van der Waals surface area contributed by atoms with E-state index in [0.717, 1.165) is 18.4 Å². The van der Waals surface area contributed by atoms with E-state index in [1.54, 1.807) is 31.4 Å². The largest absolute Gasteiger partial charge is 0.385 e. The van der Waals surface area contributed by atoms with E-state index in [-0.39, 0.29) is 11.7 Å². The number of ether oxygens (including phenoxy) is 1. The van der Waals surface area contributed by atoms with Gasteiger partial charge in [0, 0.05) is 24.8 Å². The first-order valence-electron chi connectivity index (χ1n) is 8.14. The van der Waals surface area contributed by atoms with E-state index < -0.39 is 0 Å². The zero-order chi connectivity index (χ0) is 18.4. The van der Waals surface area contributed by atoms with Crippen molar-refractivity contribution in [3.63, 3.8) is 0 Å². The molecule has 0 radical (unpaired) electrons. The molecule has 26 heavy (non-hydrogen) atoms. The molecule has 0 atom stereocenters. The second kappa shape index (κ2) is 8.64. The lowest BCUT2D eigenvalue weighted by molar-refractivity contribution is 0.102. The monoisotopic (exact) mass is 371 g/mol. The number of nitrogens with one attached hydrogen (secondary N) is 1. The van der Waals surface area contributed by atoms with Gasteiger partial charge in [0.2, 0.25) is 5.13 Å². The van der Waals surface area contributed by atoms with Crippen molar-refractivity contribution in [2.45, 2.75) is 12.8 Å². The highest BCUT2D eigenvalue weighted by molar-refractivity contribution is 7.18. The van der Waals surface area contributed by atoms with Gasteiger partial charge in [-0.15, -0.1) is 10.2 Å². The smallest absolute Gasteiger partial charge is 0.257 e. The van der Waals surface area contributed by atoms with Crippen molar-refractivity contribution >= 4 is 22.4 Å². The number of nitrogens with zero attached hydrogens (tertiary/aromatic N) is 2. The summed E-state index contributed by atoms with van der Waals surface area (Å²) in [4.78, 5) is 12.3. The number of hydrogen-bond donors (Lipinski definition) is 1. The molecular formula is C19H18FN3O2S. The van der Waals surface area contributed by atoms with Crippen LogP contribution in [0.1, 0.15) is 22.3 Å². The van der Waals surface area contributed by atoms with Crippen molar-refractivity contribution in [1.82, 2.24) is 10.2 Å². The van der Waals surface area contributed by atoms with E-state index in [9.17, 15) is 9.18 Å². The third-order valence-corrected chi connectivity index (χ3v) is 4.63. The van der Waals surface area contributed by atoms with Gasteiger partial charge in [-0.25, -0.2) is 4.39 Å². The van der Waals surface area contributed by atoms with Crippen molar-refractivity contribution in [1.29, 1.82) is 0 Å². The molecule has 0 fully saturated rings. The molecular weight excluding hydrogens is 353 g/mol. The molecule has 0 saturated heterocycles. The Balaban J connectivity index is 1.63. The van der Waals surface area contributed by atoms with Gasteiger partial charge in [0.25, 0.3) is 5.91 Å². The highest BCUT2D eigenvalue weighted by Crippen LogP contribution is 2.27. The number of carbonyl (C=O) groups excluding carboxylic acids is 1. The Morgan fingerprint density at radius 1 is 1.19 bits per heavy atom. The molecule has 0 saturated carbocycles. The lowest BCUT2D eigenvalue weighted by Crippen LogP contribution is -2.11. The van der Waals surface area contributed by atoms with E-state index in [0.29, 0.717) is 27.9 Å². The molecule has 0 bridgehead atoms. The fourth-order valence-corrected chi connectivity index (χ4v) is 3.16. The fourth-order valence-electron chi connectivity index (χ4n) is 2.42. The van der Waals surface area contributed by atoms with Crippen LogP contribution in [0.3, 0.4) is 0 Å². The van der Waals surface area contributed by atoms with Crippen molar-refractivity contribution in [2.75, 3.05) is 19.0 Å². The SMILES string of the molecule is COCCCc1ccc(C(=O)Nc2nnc(-c3cccc(F)c3)s2)cc1. The maximum absolute atomic E-state index is 13.3. The molecule has 3 rings (SSSR count). The summed E-state index contributed by atoms with van der Waals surface area (Å²) in [5.41, 5.74) is 2.33. The van der Waals surface area contributed by atoms with E-state index >= 15 is 0 Å². The molecule has 5 nitrogen and oxygen atoms in total. The lowest BCUT2D eigenvalue weighted by Gasteiger charge is -2.04. The maximum atomic E-state index is 13.3. The zero-order valence-corrected chi connectivity index (χ0v) is 15.1. The van der Waals surface area contributed by atoms with E-state index in [1.807, 2.05) is 12.1 Å². The summed E-state index contributed by atoms with van der Waals surface area (Å²) in [6.07, 6.45) is 1.85. The first-order valence-corrected chi connectivity index (χ1v) is 8.96. The van der Waals surface area contributed by atoms with Crippen LogP contribution in [0.15, 0.2) is 48.5 Å². The van der Waals surface area contributed by atoms with Gasteiger partial charge in [0.05, 0.1) is 0 Å². The van der Waals surface area contributed by atoms with Crippen LogP contribution in [0, 0.1) is 5.82 Å². The number of carbonyl (C=O) groups is 1. The molecule has 1 amide bonds. The van der Waals surface area contributed by atoms with Crippen molar-refractivity contribution in [2.24, 2.45) is 0 Å². The number of halogens is 1. The minimum Gasteiger partial charge on any atom is -0.385 e. The zero-order valence-electron chi connectivity index (χ0n) is 14.2. The second-order valence-corrected chi connectivity index (χ2v) is 6.65. The molecule has 134 valence electrons. The highest BCUT2D eigenvalue weighted by atomic mass is 32.1. The van der Waals surface area contributed by atoms with E-state index in [4.69, 9.17) is 4.74 Å². The Kier molecular flexibility index (Phi) is 6.04. The number of hydrogen-bond acceptors (Lipinski definition) is 5. The summed E-state index contributed by atoms with van der Waals surface area (Å²) >= 11 is 1.20. The molecule has 0 aliphatic rings. The van der Waals surface area contributed by atoms with Crippen molar-refractivity contribution in [3.8, 4) is 10.6 Å². The van der Waals surface area contributed by atoms with Crippen molar-refractivity contribution in [3.05, 3.63) is 65.5 Å². The number of amides is 1. The van der Waals surface area contributed by atoms with Crippen molar-refractivity contribution < 1.29 is 13.9 Å². The normalized spacial score (nSPS) is 10.7. The Morgan fingerprint density at radius 3 is 2.73 bits per heavy atom. The van der Waals surface area contributed by atoms with Gasteiger partial charge in [-0.1, -0.05) is 35.6 Å². The van der Waals surface area contributed by atoms with Gasteiger partial charge in [0.1, 0.15) is 10.8 Å². The van der Waals surface area contributed by atoms with Gasteiger partial charge in [-0.05, 0) is 42.7 Å². The quantitative estimate of drug-likeness (QED) is 0.633. The van der Waals surface area contributed by atoms with Gasteiger partial charge >= 0.3 is 0 Å². The summed E-state index contributed by atoms with van der Waals surface area (Å²) in [6, 6.07) is 13.5. The average molecular weight is 371 g/mol. The van der Waals surface area contributed by atoms with Crippen LogP contribution in [-0.2, 0) is 11.2 Å². The maximum Gasteiger partial charge on any atom is 0.257 e. The van der Waals surface area contributed by atoms with Gasteiger partial charge < -0.3 is 4.74 Å². The van der Waals surface area contributed by atoms with Crippen LogP contribution in [0.2, 0.25) is 0 Å². The lowest BCUT2D eigenvalue weighted by atomic mass is 10.1. The number of aryl methyl sites for hydroxylation is 1. The van der Waals surface area contributed by atoms with Gasteiger partial charge in [-0.3, -0.25) is 10.1 Å². The summed E-state index contributed by atoms with van der Waals surface area (Å²) in [6.45, 7) is 0.715. The van der Waals surface area contributed by atoms with Crippen LogP contribution in [-0.4, -0.2) is 29.8 Å².